The lowest BCUT2D eigenvalue weighted by Gasteiger charge is -2.33. The van der Waals surface area contributed by atoms with Crippen LogP contribution in [0.2, 0.25) is 0 Å². The van der Waals surface area contributed by atoms with Crippen LogP contribution < -0.4 is 5.32 Å². The number of nitrogens with one attached hydrogen (secondary N) is 1. The molecule has 1 amide bonds. The molecule has 1 aliphatic rings. The van der Waals surface area contributed by atoms with Gasteiger partial charge >= 0.3 is 6.18 Å². The van der Waals surface area contributed by atoms with E-state index < -0.39 is 24.2 Å². The van der Waals surface area contributed by atoms with Gasteiger partial charge in [0.1, 0.15) is 5.82 Å². The zero-order valence-electron chi connectivity index (χ0n) is 20.3. The van der Waals surface area contributed by atoms with Crippen LogP contribution in [0.4, 0.5) is 19.0 Å². The Bertz CT molecular complexity index is 1310. The van der Waals surface area contributed by atoms with Crippen LogP contribution in [0.1, 0.15) is 51.2 Å². The Morgan fingerprint density at radius 3 is 2.05 bits per heavy atom. The minimum Gasteiger partial charge on any atom is -0.363 e. The Morgan fingerprint density at radius 2 is 1.51 bits per heavy atom. The van der Waals surface area contributed by atoms with Crippen molar-refractivity contribution in [1.29, 1.82) is 0 Å². The van der Waals surface area contributed by atoms with Gasteiger partial charge < -0.3 is 10.2 Å². The average molecular weight is 505 g/mol. The van der Waals surface area contributed by atoms with Crippen LogP contribution in [0.3, 0.4) is 0 Å². The van der Waals surface area contributed by atoms with Crippen LogP contribution in [0.15, 0.2) is 91.0 Å². The summed E-state index contributed by atoms with van der Waals surface area (Å²) in [4.78, 5) is 15.3. The molecule has 5 nitrogen and oxygen atoms in total. The Balaban J connectivity index is 1.47. The summed E-state index contributed by atoms with van der Waals surface area (Å²) in [6.07, 6.45) is -4.73. The second-order valence-electron chi connectivity index (χ2n) is 9.39. The highest BCUT2D eigenvalue weighted by Crippen LogP contribution is 2.43. The first-order valence-corrected chi connectivity index (χ1v) is 12.1. The molecule has 1 aliphatic heterocycles. The first-order valence-electron chi connectivity index (χ1n) is 12.1. The van der Waals surface area contributed by atoms with Gasteiger partial charge in [0.15, 0.2) is 11.7 Å². The highest BCUT2D eigenvalue weighted by molar-refractivity contribution is 5.93. The van der Waals surface area contributed by atoms with E-state index >= 15 is 0 Å². The predicted octanol–water partition coefficient (Wildman–Crippen LogP) is 6.69. The fourth-order valence-electron chi connectivity index (χ4n) is 4.66. The van der Waals surface area contributed by atoms with E-state index in [9.17, 15) is 18.0 Å². The van der Waals surface area contributed by atoms with Crippen LogP contribution in [0.25, 0.3) is 0 Å². The van der Waals surface area contributed by atoms with E-state index in [4.69, 9.17) is 0 Å². The number of nitrogens with zero attached hydrogens (tertiary/aromatic N) is 3. The van der Waals surface area contributed by atoms with Gasteiger partial charge in [-0.2, -0.15) is 18.3 Å². The quantitative estimate of drug-likeness (QED) is 0.318. The van der Waals surface area contributed by atoms with Gasteiger partial charge in [0.2, 0.25) is 0 Å². The van der Waals surface area contributed by atoms with Gasteiger partial charge in [0.05, 0.1) is 6.04 Å². The summed E-state index contributed by atoms with van der Waals surface area (Å²) in [6, 6.07) is 25.5. The molecule has 2 atom stereocenters. The first-order chi connectivity index (χ1) is 17.8. The molecule has 0 radical (unpaired) electrons. The van der Waals surface area contributed by atoms with Crippen molar-refractivity contribution in [1.82, 2.24) is 14.7 Å². The van der Waals surface area contributed by atoms with Gasteiger partial charge in [-0.3, -0.25) is 4.79 Å². The number of benzene rings is 3. The summed E-state index contributed by atoms with van der Waals surface area (Å²) >= 11 is 0. The van der Waals surface area contributed by atoms with Crippen molar-refractivity contribution < 1.29 is 18.0 Å². The molecule has 4 aromatic rings. The van der Waals surface area contributed by atoms with Gasteiger partial charge in [-0.25, -0.2) is 4.68 Å². The van der Waals surface area contributed by atoms with E-state index in [1.165, 1.54) is 6.07 Å². The molecule has 0 aliphatic carbocycles. The van der Waals surface area contributed by atoms with Crippen molar-refractivity contribution in [3.05, 3.63) is 119 Å². The Morgan fingerprint density at radius 1 is 0.946 bits per heavy atom. The van der Waals surface area contributed by atoms with Crippen LogP contribution in [0, 0.1) is 6.92 Å². The third kappa shape index (κ3) is 5.53. The summed E-state index contributed by atoms with van der Waals surface area (Å²) in [6.45, 7) is 2.54. The zero-order chi connectivity index (χ0) is 26.0. The fraction of sp³-hybridized carbons (Fsp3) is 0.241. The van der Waals surface area contributed by atoms with Crippen LogP contribution >= 0.6 is 0 Å². The molecule has 8 heteroatoms. The summed E-state index contributed by atoms with van der Waals surface area (Å²) < 4.78 is 43.3. The number of aromatic nitrogens is 2. The highest BCUT2D eigenvalue weighted by Gasteiger charge is 2.47. The fourth-order valence-corrected chi connectivity index (χ4v) is 4.66. The SMILES string of the molecule is Cc1ccc([C@H]2C[C@H](C(F)(F)F)n3nc(C(=O)N(Cc4ccccc4)Cc4ccccc4)cc3N2)cc1. The normalized spacial score (nSPS) is 17.1. The second-order valence-corrected chi connectivity index (χ2v) is 9.39. The molecule has 2 heterocycles. The number of halogens is 3. The zero-order valence-corrected chi connectivity index (χ0v) is 20.3. The molecular formula is C29H27F3N4O. The van der Waals surface area contributed by atoms with Crippen molar-refractivity contribution in [3.63, 3.8) is 0 Å². The lowest BCUT2D eigenvalue weighted by molar-refractivity contribution is -0.173. The standard InChI is InChI=1S/C29H27F3N4O/c1-20-12-14-23(15-13-20)24-16-26(29(30,31)32)36-27(33-24)17-25(34-36)28(37)35(18-21-8-4-2-5-9-21)19-22-10-6-3-7-11-22/h2-15,17,24,26,33H,16,18-19H2,1H3/t24-,26-/m1/s1. The van der Waals surface area contributed by atoms with E-state index in [0.29, 0.717) is 13.1 Å². The Hall–Kier alpha value is -4.07. The van der Waals surface area contributed by atoms with Crippen molar-refractivity contribution in [2.45, 2.75) is 44.7 Å². The number of carbonyl (C=O) groups excluding carboxylic acids is 1. The van der Waals surface area contributed by atoms with Gasteiger partial charge in [-0.15, -0.1) is 0 Å². The summed E-state index contributed by atoms with van der Waals surface area (Å²) in [5.74, 6) is -0.244. The monoisotopic (exact) mass is 504 g/mol. The lowest BCUT2D eigenvalue weighted by Crippen LogP contribution is -2.36. The molecule has 190 valence electrons. The molecule has 0 saturated carbocycles. The minimum atomic E-state index is -4.51. The Kier molecular flexibility index (Phi) is 6.74. The molecule has 0 fully saturated rings. The third-order valence-electron chi connectivity index (χ3n) is 6.61. The van der Waals surface area contributed by atoms with E-state index in [-0.39, 0.29) is 17.9 Å². The van der Waals surface area contributed by atoms with Crippen molar-refractivity contribution in [2.24, 2.45) is 0 Å². The summed E-state index contributed by atoms with van der Waals surface area (Å²) in [5, 5.41) is 7.37. The molecule has 3 aromatic carbocycles. The maximum atomic E-state index is 14.1. The molecule has 37 heavy (non-hydrogen) atoms. The highest BCUT2D eigenvalue weighted by atomic mass is 19.4. The maximum absolute atomic E-state index is 14.1. The smallest absolute Gasteiger partial charge is 0.363 e. The van der Waals surface area contributed by atoms with Crippen LogP contribution in [-0.4, -0.2) is 26.8 Å². The molecular weight excluding hydrogens is 477 g/mol. The number of alkyl halides is 3. The van der Waals surface area contributed by atoms with Gasteiger partial charge in [0.25, 0.3) is 5.91 Å². The van der Waals surface area contributed by atoms with E-state index in [1.54, 1.807) is 4.90 Å². The maximum Gasteiger partial charge on any atom is 0.410 e. The molecule has 0 spiro atoms. The number of anilines is 1. The number of rotatable bonds is 6. The largest absolute Gasteiger partial charge is 0.410 e. The predicted molar refractivity (Wildman–Crippen MR) is 136 cm³/mol. The number of aryl methyl sites for hydroxylation is 1. The van der Waals surface area contributed by atoms with Crippen LogP contribution in [-0.2, 0) is 13.1 Å². The number of fused-ring (bicyclic) bond motifs is 1. The van der Waals surface area contributed by atoms with Crippen molar-refractivity contribution in [3.8, 4) is 0 Å². The molecule has 1 aromatic heterocycles. The van der Waals surface area contributed by atoms with E-state index in [2.05, 4.69) is 10.4 Å². The molecule has 1 N–H and O–H groups in total. The second kappa shape index (κ2) is 10.1. The van der Waals surface area contributed by atoms with Crippen molar-refractivity contribution in [2.75, 3.05) is 5.32 Å². The molecule has 0 bridgehead atoms. The first kappa shape index (κ1) is 24.6. The Labute approximate surface area is 213 Å². The lowest BCUT2D eigenvalue weighted by atomic mass is 9.96. The average Bonchev–Trinajstić information content (AvgIpc) is 3.32. The van der Waals surface area contributed by atoms with Crippen LogP contribution in [0.5, 0.6) is 0 Å². The molecule has 0 saturated heterocycles. The number of carbonyl (C=O) groups is 1. The third-order valence-corrected chi connectivity index (χ3v) is 6.61. The number of hydrogen-bond acceptors (Lipinski definition) is 3. The number of amides is 1. The van der Waals surface area contributed by atoms with E-state index in [1.807, 2.05) is 91.9 Å². The minimum absolute atomic E-state index is 0.0202. The topological polar surface area (TPSA) is 50.2 Å². The summed E-state index contributed by atoms with van der Waals surface area (Å²) in [7, 11) is 0. The summed E-state index contributed by atoms with van der Waals surface area (Å²) in [5.41, 5.74) is 3.60. The van der Waals surface area contributed by atoms with Crippen molar-refractivity contribution >= 4 is 11.7 Å². The molecule has 0 unspecified atom stereocenters. The number of hydrogen-bond donors (Lipinski definition) is 1. The van der Waals surface area contributed by atoms with Gasteiger partial charge in [0, 0.05) is 25.6 Å². The van der Waals surface area contributed by atoms with Gasteiger partial charge in [-0.05, 0) is 23.6 Å². The van der Waals surface area contributed by atoms with E-state index in [0.717, 1.165) is 26.9 Å². The molecule has 5 rings (SSSR count). The van der Waals surface area contributed by atoms with Gasteiger partial charge in [-0.1, -0.05) is 90.5 Å².